The number of amides is 1. The van der Waals surface area contributed by atoms with Crippen LogP contribution in [0.2, 0.25) is 0 Å². The number of azo groups is 1. The minimum Gasteiger partial charge on any atom is -0.494 e. The summed E-state index contributed by atoms with van der Waals surface area (Å²) >= 11 is 0. The summed E-state index contributed by atoms with van der Waals surface area (Å²) in [6.07, 6.45) is 3.40. The number of anilines is 2. The number of nitrogens with one attached hydrogen (secondary N) is 2. The number of allylic oxidation sites excluding steroid dienone is 1. The van der Waals surface area contributed by atoms with Crippen molar-refractivity contribution < 1.29 is 24.2 Å². The van der Waals surface area contributed by atoms with Crippen LogP contribution in [-0.4, -0.2) is 42.8 Å². The van der Waals surface area contributed by atoms with Gasteiger partial charge in [0.2, 0.25) is 11.7 Å². The molecule has 0 spiro atoms. The normalized spacial score (nSPS) is 13.5. The Bertz CT molecular complexity index is 1440. The van der Waals surface area contributed by atoms with Gasteiger partial charge in [0, 0.05) is 24.2 Å². The van der Waals surface area contributed by atoms with Crippen LogP contribution < -0.4 is 20.2 Å². The van der Waals surface area contributed by atoms with Crippen LogP contribution in [-0.2, 0) is 4.79 Å². The number of carbonyl (C=O) groups is 2. The van der Waals surface area contributed by atoms with Crippen LogP contribution in [0.4, 0.5) is 22.7 Å². The molecule has 0 radical (unpaired) electrons. The van der Waals surface area contributed by atoms with Gasteiger partial charge in [-0.05, 0) is 72.7 Å². The molecule has 0 bridgehead atoms. The van der Waals surface area contributed by atoms with Gasteiger partial charge in [-0.1, -0.05) is 6.08 Å². The fraction of sp³-hybridized carbons (Fsp3) is 0.179. The van der Waals surface area contributed by atoms with Crippen LogP contribution in [0.25, 0.3) is 6.08 Å². The van der Waals surface area contributed by atoms with Crippen LogP contribution in [0.1, 0.15) is 28.4 Å². The molecular formula is C28H27N5O5. The fourth-order valence-corrected chi connectivity index (χ4v) is 3.70. The summed E-state index contributed by atoms with van der Waals surface area (Å²) in [4.78, 5) is 24.3. The number of aliphatic hydroxyl groups excluding tert-OH is 1. The maximum absolute atomic E-state index is 13.0. The number of hydrogen-bond acceptors (Lipinski definition) is 9. The van der Waals surface area contributed by atoms with Crippen molar-refractivity contribution in [2.75, 3.05) is 31.1 Å². The number of methoxy groups -OCH3 is 1. The third kappa shape index (κ3) is 6.29. The van der Waals surface area contributed by atoms with Crippen molar-refractivity contribution in [3.8, 4) is 11.5 Å². The summed E-state index contributed by atoms with van der Waals surface area (Å²) in [7, 11) is 1.53. The second-order valence-electron chi connectivity index (χ2n) is 8.36. The first-order chi connectivity index (χ1) is 18.4. The molecule has 3 aromatic rings. The van der Waals surface area contributed by atoms with Gasteiger partial charge in [0.05, 0.1) is 30.8 Å². The Morgan fingerprint density at radius 2 is 1.82 bits per heavy atom. The third-order valence-corrected chi connectivity index (χ3v) is 5.55. The number of fused-ring (bicyclic) bond motifs is 1. The number of carbonyl (C=O) groups excluding carboxylic acids is 2. The molecule has 3 aromatic carbocycles. The molecule has 38 heavy (non-hydrogen) atoms. The Morgan fingerprint density at radius 3 is 2.53 bits per heavy atom. The van der Waals surface area contributed by atoms with Gasteiger partial charge < -0.3 is 19.9 Å². The SMILES string of the molecule is COc1cc(/N=N/c2ccc(OCCO)cc2)c(C)cc1N/N=C1/C=Cc2cc(NC(C)=O)ccc2C1=O. The van der Waals surface area contributed by atoms with Crippen molar-refractivity contribution >= 4 is 46.2 Å². The topological polar surface area (TPSA) is 134 Å². The number of rotatable bonds is 9. The van der Waals surface area contributed by atoms with Crippen LogP contribution in [0.3, 0.4) is 0 Å². The van der Waals surface area contributed by atoms with E-state index in [0.717, 1.165) is 5.56 Å². The number of ketones is 1. The van der Waals surface area contributed by atoms with E-state index in [0.29, 0.717) is 45.4 Å². The summed E-state index contributed by atoms with van der Waals surface area (Å²) in [5, 5.41) is 24.5. The van der Waals surface area contributed by atoms with Crippen LogP contribution >= 0.6 is 0 Å². The second-order valence-corrected chi connectivity index (χ2v) is 8.36. The summed E-state index contributed by atoms with van der Waals surface area (Å²) in [5.74, 6) is 0.697. The zero-order chi connectivity index (χ0) is 27.1. The Kier molecular flexibility index (Phi) is 8.24. The highest BCUT2D eigenvalue weighted by Crippen LogP contribution is 2.34. The molecule has 0 aromatic heterocycles. The number of aryl methyl sites for hydroxylation is 1. The van der Waals surface area contributed by atoms with E-state index < -0.39 is 0 Å². The van der Waals surface area contributed by atoms with Gasteiger partial charge in [0.1, 0.15) is 23.8 Å². The van der Waals surface area contributed by atoms with Crippen molar-refractivity contribution in [1.29, 1.82) is 0 Å². The summed E-state index contributed by atoms with van der Waals surface area (Å²) in [6.45, 7) is 3.48. The molecule has 0 fully saturated rings. The first-order valence-corrected chi connectivity index (χ1v) is 11.8. The predicted octanol–water partition coefficient (Wildman–Crippen LogP) is 5.43. The van der Waals surface area contributed by atoms with E-state index in [-0.39, 0.29) is 30.6 Å². The Balaban J connectivity index is 1.49. The average Bonchev–Trinajstić information content (AvgIpc) is 2.91. The Morgan fingerprint density at radius 1 is 1.03 bits per heavy atom. The van der Waals surface area contributed by atoms with Gasteiger partial charge in [0.25, 0.3) is 0 Å². The molecule has 0 saturated heterocycles. The van der Waals surface area contributed by atoms with E-state index in [1.807, 2.05) is 13.0 Å². The van der Waals surface area contributed by atoms with Crippen LogP contribution in [0.5, 0.6) is 11.5 Å². The molecule has 0 unspecified atom stereocenters. The van der Waals surface area contributed by atoms with Gasteiger partial charge >= 0.3 is 0 Å². The van der Waals surface area contributed by atoms with Gasteiger partial charge in [-0.25, -0.2) is 0 Å². The van der Waals surface area contributed by atoms with E-state index in [9.17, 15) is 9.59 Å². The smallest absolute Gasteiger partial charge is 0.221 e. The summed E-state index contributed by atoms with van der Waals surface area (Å²) in [6, 6.07) is 15.7. The fourth-order valence-electron chi connectivity index (χ4n) is 3.70. The zero-order valence-electron chi connectivity index (χ0n) is 21.2. The monoisotopic (exact) mass is 513 g/mol. The summed E-state index contributed by atoms with van der Waals surface area (Å²) in [5.41, 5.74) is 7.62. The highest BCUT2D eigenvalue weighted by molar-refractivity contribution is 6.52. The van der Waals surface area contributed by atoms with Crippen molar-refractivity contribution in [2.24, 2.45) is 15.3 Å². The minimum absolute atomic E-state index is 0.0527. The number of hydrogen-bond donors (Lipinski definition) is 3. The molecule has 0 saturated carbocycles. The van der Waals surface area contributed by atoms with E-state index in [1.54, 1.807) is 60.7 Å². The quantitative estimate of drug-likeness (QED) is 0.258. The minimum atomic E-state index is -0.238. The lowest BCUT2D eigenvalue weighted by Gasteiger charge is -2.14. The molecule has 3 N–H and O–H groups in total. The van der Waals surface area contributed by atoms with Crippen molar-refractivity contribution in [1.82, 2.24) is 0 Å². The molecule has 0 atom stereocenters. The van der Waals surface area contributed by atoms with E-state index in [2.05, 4.69) is 26.1 Å². The highest BCUT2D eigenvalue weighted by atomic mass is 16.5. The van der Waals surface area contributed by atoms with Crippen LogP contribution in [0.15, 0.2) is 76.0 Å². The molecule has 194 valence electrons. The van der Waals surface area contributed by atoms with Gasteiger partial charge in [-0.2, -0.15) is 15.3 Å². The van der Waals surface area contributed by atoms with E-state index in [4.69, 9.17) is 14.6 Å². The van der Waals surface area contributed by atoms with Crippen molar-refractivity contribution in [3.05, 3.63) is 77.4 Å². The maximum Gasteiger partial charge on any atom is 0.221 e. The molecule has 0 aliphatic heterocycles. The van der Waals surface area contributed by atoms with Crippen molar-refractivity contribution in [2.45, 2.75) is 13.8 Å². The first-order valence-electron chi connectivity index (χ1n) is 11.8. The van der Waals surface area contributed by atoms with Gasteiger partial charge in [-0.3, -0.25) is 15.0 Å². The second kappa shape index (κ2) is 11.9. The number of benzene rings is 3. The average molecular weight is 514 g/mol. The third-order valence-electron chi connectivity index (χ3n) is 5.55. The van der Waals surface area contributed by atoms with Gasteiger partial charge in [-0.15, -0.1) is 0 Å². The number of nitrogens with zero attached hydrogens (tertiary/aromatic N) is 3. The lowest BCUT2D eigenvalue weighted by atomic mass is 9.94. The molecule has 1 amide bonds. The number of hydrazone groups is 1. The molecule has 4 rings (SSSR count). The maximum atomic E-state index is 13.0. The molecular weight excluding hydrogens is 486 g/mol. The van der Waals surface area contributed by atoms with E-state index in [1.165, 1.54) is 14.0 Å². The Hall–Kier alpha value is -4.83. The lowest BCUT2D eigenvalue weighted by molar-refractivity contribution is -0.114. The van der Waals surface area contributed by atoms with Crippen LogP contribution in [0, 0.1) is 6.92 Å². The number of ether oxygens (including phenoxy) is 2. The molecule has 1 aliphatic rings. The first kappa shape index (κ1) is 26.2. The largest absolute Gasteiger partial charge is 0.494 e. The predicted molar refractivity (Wildman–Crippen MR) is 146 cm³/mol. The molecule has 0 heterocycles. The molecule has 10 nitrogen and oxygen atoms in total. The number of aliphatic hydroxyl groups is 1. The lowest BCUT2D eigenvalue weighted by Crippen LogP contribution is -2.18. The highest BCUT2D eigenvalue weighted by Gasteiger charge is 2.20. The zero-order valence-corrected chi connectivity index (χ0v) is 21.2. The summed E-state index contributed by atoms with van der Waals surface area (Å²) < 4.78 is 10.9. The van der Waals surface area contributed by atoms with Gasteiger partial charge in [0.15, 0.2) is 0 Å². The van der Waals surface area contributed by atoms with Crippen molar-refractivity contribution in [3.63, 3.8) is 0 Å². The standard InChI is InChI=1S/C28H27N5O5/c1-17-14-26(27(37-3)16-25(17)32-30-20-5-8-22(9-6-20)38-13-12-34)33-31-24-11-4-19-15-21(29-18(2)35)7-10-23(19)28(24)36/h4-11,14-16,33-34H,12-13H2,1-3H3,(H,29,35)/b31-24-,32-30+. The van der Waals surface area contributed by atoms with E-state index >= 15 is 0 Å². The Labute approximate surface area is 219 Å². The molecule has 10 heteroatoms. The number of Topliss-reactive ketones (excluding diaryl/α,β-unsaturated/α-hetero) is 1. The molecule has 1 aliphatic carbocycles.